The van der Waals surface area contributed by atoms with Crippen LogP contribution >= 0.6 is 0 Å². The van der Waals surface area contributed by atoms with E-state index < -0.39 is 11.9 Å². The monoisotopic (exact) mass is 276 g/mol. The summed E-state index contributed by atoms with van der Waals surface area (Å²) in [4.78, 5) is 35.4. The van der Waals surface area contributed by atoms with E-state index in [4.69, 9.17) is 10.5 Å². The van der Waals surface area contributed by atoms with Gasteiger partial charge in [-0.05, 0) is 24.1 Å². The van der Waals surface area contributed by atoms with Crippen LogP contribution < -0.4 is 5.73 Å². The lowest BCUT2D eigenvalue weighted by Crippen LogP contribution is -2.31. The average Bonchev–Trinajstić information content (AvgIpc) is 2.82. The van der Waals surface area contributed by atoms with Crippen LogP contribution in [0.5, 0.6) is 0 Å². The first-order valence-electron chi connectivity index (χ1n) is 6.38. The van der Waals surface area contributed by atoms with E-state index in [2.05, 4.69) is 0 Å². The number of nitrogens with zero attached hydrogens (tertiary/aromatic N) is 1. The maximum Gasteiger partial charge on any atom is 0.325 e. The Morgan fingerprint density at radius 1 is 1.25 bits per heavy atom. The summed E-state index contributed by atoms with van der Waals surface area (Å²) in [6.45, 7) is 0.722. The number of nitrogens with two attached hydrogens (primary N) is 1. The SMILES string of the molecule is NC(=O)c1ccc(COC(=O)CN2CCCC2=O)cc1. The molecule has 1 aliphatic rings. The number of carbonyl (C=O) groups excluding carboxylic acids is 3. The summed E-state index contributed by atoms with van der Waals surface area (Å²) in [5.41, 5.74) is 6.29. The van der Waals surface area contributed by atoms with Crippen LogP contribution in [0.3, 0.4) is 0 Å². The number of rotatable bonds is 5. The summed E-state index contributed by atoms with van der Waals surface area (Å²) < 4.78 is 5.09. The van der Waals surface area contributed by atoms with Gasteiger partial charge in [0, 0.05) is 18.5 Å². The molecule has 0 aliphatic carbocycles. The first-order chi connectivity index (χ1) is 9.56. The molecule has 0 unspecified atom stereocenters. The van der Waals surface area contributed by atoms with Crippen LogP contribution in [0.4, 0.5) is 0 Å². The van der Waals surface area contributed by atoms with Crippen molar-refractivity contribution in [2.45, 2.75) is 19.4 Å². The van der Waals surface area contributed by atoms with Gasteiger partial charge in [-0.2, -0.15) is 0 Å². The van der Waals surface area contributed by atoms with Crippen molar-refractivity contribution in [1.82, 2.24) is 4.90 Å². The predicted octanol–water partition coefficient (Wildman–Crippen LogP) is 0.451. The van der Waals surface area contributed by atoms with Gasteiger partial charge < -0.3 is 15.4 Å². The van der Waals surface area contributed by atoms with Crippen molar-refractivity contribution in [2.24, 2.45) is 5.73 Å². The van der Waals surface area contributed by atoms with Crippen LogP contribution in [-0.2, 0) is 20.9 Å². The van der Waals surface area contributed by atoms with E-state index in [1.807, 2.05) is 0 Å². The third-order valence-corrected chi connectivity index (χ3v) is 3.13. The Hall–Kier alpha value is -2.37. The van der Waals surface area contributed by atoms with Gasteiger partial charge in [0.1, 0.15) is 13.2 Å². The topological polar surface area (TPSA) is 89.7 Å². The molecule has 1 fully saturated rings. The summed E-state index contributed by atoms with van der Waals surface area (Å²) in [5.74, 6) is -0.937. The third-order valence-electron chi connectivity index (χ3n) is 3.13. The van der Waals surface area contributed by atoms with Gasteiger partial charge in [-0.1, -0.05) is 12.1 Å². The van der Waals surface area contributed by atoms with Crippen LogP contribution in [0.15, 0.2) is 24.3 Å². The molecule has 0 bridgehead atoms. The molecule has 0 atom stereocenters. The zero-order valence-corrected chi connectivity index (χ0v) is 11.0. The van der Waals surface area contributed by atoms with Gasteiger partial charge in [0.2, 0.25) is 11.8 Å². The van der Waals surface area contributed by atoms with E-state index >= 15 is 0 Å². The van der Waals surface area contributed by atoms with Crippen molar-refractivity contribution < 1.29 is 19.1 Å². The zero-order valence-electron chi connectivity index (χ0n) is 11.0. The molecular weight excluding hydrogens is 260 g/mol. The Bertz CT molecular complexity index is 524. The van der Waals surface area contributed by atoms with Crippen molar-refractivity contribution in [2.75, 3.05) is 13.1 Å². The highest BCUT2D eigenvalue weighted by molar-refractivity contribution is 5.92. The predicted molar refractivity (Wildman–Crippen MR) is 70.6 cm³/mol. The fraction of sp³-hybridized carbons (Fsp3) is 0.357. The number of hydrogen-bond donors (Lipinski definition) is 1. The highest BCUT2D eigenvalue weighted by Crippen LogP contribution is 2.10. The molecule has 6 heteroatoms. The minimum Gasteiger partial charge on any atom is -0.459 e. The van der Waals surface area contributed by atoms with Crippen molar-refractivity contribution in [1.29, 1.82) is 0 Å². The molecule has 2 N–H and O–H groups in total. The third kappa shape index (κ3) is 3.57. The van der Waals surface area contributed by atoms with Crippen LogP contribution in [0.25, 0.3) is 0 Å². The molecule has 2 amide bonds. The van der Waals surface area contributed by atoms with Crippen molar-refractivity contribution in [3.63, 3.8) is 0 Å². The molecule has 6 nitrogen and oxygen atoms in total. The molecule has 1 saturated heterocycles. The fourth-order valence-corrected chi connectivity index (χ4v) is 2.00. The molecule has 106 valence electrons. The van der Waals surface area contributed by atoms with Gasteiger partial charge in [0.05, 0.1) is 0 Å². The minimum absolute atomic E-state index is 0.00178. The molecule has 1 aliphatic heterocycles. The van der Waals surface area contributed by atoms with E-state index in [-0.39, 0.29) is 19.1 Å². The number of primary amides is 1. The Balaban J connectivity index is 1.81. The van der Waals surface area contributed by atoms with Crippen LogP contribution in [0, 0.1) is 0 Å². The standard InChI is InChI=1S/C14H16N2O4/c15-14(19)11-5-3-10(4-6-11)9-20-13(18)8-16-7-1-2-12(16)17/h3-6H,1-2,7-9H2,(H2,15,19). The lowest BCUT2D eigenvalue weighted by molar-refractivity contribution is -0.149. The smallest absolute Gasteiger partial charge is 0.325 e. The molecule has 1 aromatic rings. The molecule has 0 aromatic heterocycles. The van der Waals surface area contributed by atoms with Gasteiger partial charge in [-0.15, -0.1) is 0 Å². The number of ether oxygens (including phenoxy) is 1. The largest absolute Gasteiger partial charge is 0.459 e. The molecule has 20 heavy (non-hydrogen) atoms. The molecule has 0 saturated carbocycles. The Morgan fingerprint density at radius 2 is 1.95 bits per heavy atom. The van der Waals surface area contributed by atoms with Crippen molar-refractivity contribution in [3.05, 3.63) is 35.4 Å². The molecule has 1 aromatic carbocycles. The summed E-state index contributed by atoms with van der Waals surface area (Å²) in [7, 11) is 0. The summed E-state index contributed by atoms with van der Waals surface area (Å²) in [6.07, 6.45) is 1.29. The quantitative estimate of drug-likeness (QED) is 0.791. The van der Waals surface area contributed by atoms with E-state index in [0.29, 0.717) is 18.5 Å². The first-order valence-corrected chi connectivity index (χ1v) is 6.38. The maximum absolute atomic E-state index is 11.6. The number of hydrogen-bond acceptors (Lipinski definition) is 4. The highest BCUT2D eigenvalue weighted by Gasteiger charge is 2.22. The van der Waals surface area contributed by atoms with Crippen molar-refractivity contribution in [3.8, 4) is 0 Å². The van der Waals surface area contributed by atoms with Gasteiger partial charge in [-0.3, -0.25) is 14.4 Å². The summed E-state index contributed by atoms with van der Waals surface area (Å²) in [6, 6.07) is 6.51. The molecule has 2 rings (SSSR count). The second-order valence-electron chi connectivity index (χ2n) is 4.64. The Labute approximate surface area is 116 Å². The molecule has 0 spiro atoms. The fourth-order valence-electron chi connectivity index (χ4n) is 2.00. The lowest BCUT2D eigenvalue weighted by Gasteiger charge is -2.14. The average molecular weight is 276 g/mol. The van der Waals surface area contributed by atoms with Gasteiger partial charge in [-0.25, -0.2) is 0 Å². The highest BCUT2D eigenvalue weighted by atomic mass is 16.5. The summed E-state index contributed by atoms with van der Waals surface area (Å²) >= 11 is 0. The molecular formula is C14H16N2O4. The van der Waals surface area contributed by atoms with E-state index in [1.54, 1.807) is 24.3 Å². The van der Waals surface area contributed by atoms with E-state index in [0.717, 1.165) is 12.0 Å². The van der Waals surface area contributed by atoms with Crippen molar-refractivity contribution >= 4 is 17.8 Å². The Morgan fingerprint density at radius 3 is 2.50 bits per heavy atom. The van der Waals surface area contributed by atoms with Crippen LogP contribution in [-0.4, -0.2) is 35.8 Å². The van der Waals surface area contributed by atoms with Gasteiger partial charge >= 0.3 is 5.97 Å². The number of esters is 1. The molecule has 1 heterocycles. The van der Waals surface area contributed by atoms with Gasteiger partial charge in [0.25, 0.3) is 0 Å². The second-order valence-corrected chi connectivity index (χ2v) is 4.64. The van der Waals surface area contributed by atoms with Crippen LogP contribution in [0.1, 0.15) is 28.8 Å². The Kier molecular flexibility index (Phi) is 4.34. The van der Waals surface area contributed by atoms with E-state index in [1.165, 1.54) is 4.90 Å². The number of carbonyl (C=O) groups is 3. The second kappa shape index (κ2) is 6.18. The number of benzene rings is 1. The normalized spacial score (nSPS) is 14.4. The minimum atomic E-state index is -0.499. The zero-order chi connectivity index (χ0) is 14.5. The number of likely N-dealkylation sites (tertiary alicyclic amines) is 1. The first kappa shape index (κ1) is 14.0. The number of amides is 2. The lowest BCUT2D eigenvalue weighted by atomic mass is 10.1. The summed E-state index contributed by atoms with van der Waals surface area (Å²) in [5, 5.41) is 0. The maximum atomic E-state index is 11.6. The van der Waals surface area contributed by atoms with Crippen LogP contribution in [0.2, 0.25) is 0 Å². The van der Waals surface area contributed by atoms with E-state index in [9.17, 15) is 14.4 Å². The van der Waals surface area contributed by atoms with Gasteiger partial charge in [0.15, 0.2) is 0 Å². The molecule has 0 radical (unpaired) electrons.